The number of fused-ring (bicyclic) bond motifs is 5. The molecule has 3 fully saturated rings. The van der Waals surface area contributed by atoms with E-state index in [-0.39, 0.29) is 5.91 Å². The van der Waals surface area contributed by atoms with E-state index in [0.29, 0.717) is 17.8 Å². The van der Waals surface area contributed by atoms with Crippen LogP contribution in [0.4, 0.5) is 11.4 Å². The Bertz CT molecular complexity index is 579. The summed E-state index contributed by atoms with van der Waals surface area (Å²) < 4.78 is 0. The maximum absolute atomic E-state index is 12.5. The van der Waals surface area contributed by atoms with Crippen LogP contribution < -0.4 is 11.1 Å². The highest BCUT2D eigenvalue weighted by Crippen LogP contribution is 2.69. The maximum Gasteiger partial charge on any atom is 0.228 e. The van der Waals surface area contributed by atoms with Crippen molar-refractivity contribution in [2.75, 3.05) is 11.1 Å². The van der Waals surface area contributed by atoms with Crippen molar-refractivity contribution in [1.29, 1.82) is 0 Å². The second-order valence-electron chi connectivity index (χ2n) is 7.03. The van der Waals surface area contributed by atoms with E-state index in [1.54, 1.807) is 0 Å². The van der Waals surface area contributed by atoms with Crippen LogP contribution in [-0.2, 0) is 4.79 Å². The molecule has 106 valence electrons. The molecular weight excluding hydrogens is 248 g/mol. The molecule has 0 aromatic heterocycles. The van der Waals surface area contributed by atoms with E-state index in [0.717, 1.165) is 34.3 Å². The SMILES string of the molecule is Cc1cc(NC(=O)C2C3C4CCC(C4)C23)c(C)cc1N. The van der Waals surface area contributed by atoms with Gasteiger partial charge in [-0.3, -0.25) is 4.79 Å². The summed E-state index contributed by atoms with van der Waals surface area (Å²) >= 11 is 0. The lowest BCUT2D eigenvalue weighted by Gasteiger charge is -2.13. The van der Waals surface area contributed by atoms with E-state index in [1.165, 1.54) is 19.3 Å². The topological polar surface area (TPSA) is 55.1 Å². The number of nitrogens with one attached hydrogen (secondary N) is 1. The first-order valence-electron chi connectivity index (χ1n) is 7.74. The summed E-state index contributed by atoms with van der Waals surface area (Å²) in [5.74, 6) is 3.61. The summed E-state index contributed by atoms with van der Waals surface area (Å²) in [6.45, 7) is 3.99. The minimum Gasteiger partial charge on any atom is -0.399 e. The van der Waals surface area contributed by atoms with Gasteiger partial charge in [0.05, 0.1) is 0 Å². The predicted octanol–water partition coefficient (Wildman–Crippen LogP) is 3.12. The van der Waals surface area contributed by atoms with Gasteiger partial charge in [0.1, 0.15) is 0 Å². The third-order valence-corrected chi connectivity index (χ3v) is 5.91. The molecule has 1 aromatic rings. The Hall–Kier alpha value is -1.51. The van der Waals surface area contributed by atoms with E-state index >= 15 is 0 Å². The van der Waals surface area contributed by atoms with Gasteiger partial charge in [-0.1, -0.05) is 0 Å². The molecule has 3 nitrogen and oxygen atoms in total. The van der Waals surface area contributed by atoms with Crippen LogP contribution in [0.5, 0.6) is 0 Å². The fourth-order valence-electron chi connectivity index (χ4n) is 4.86. The summed E-state index contributed by atoms with van der Waals surface area (Å²) in [6, 6.07) is 3.94. The fourth-order valence-corrected chi connectivity index (χ4v) is 4.86. The molecule has 4 atom stereocenters. The predicted molar refractivity (Wildman–Crippen MR) is 80.3 cm³/mol. The first-order chi connectivity index (χ1) is 9.56. The van der Waals surface area contributed by atoms with Gasteiger partial charge < -0.3 is 11.1 Å². The van der Waals surface area contributed by atoms with Gasteiger partial charge in [0, 0.05) is 17.3 Å². The van der Waals surface area contributed by atoms with Crippen molar-refractivity contribution in [3.8, 4) is 0 Å². The second kappa shape index (κ2) is 4.00. The van der Waals surface area contributed by atoms with Crippen molar-refractivity contribution in [1.82, 2.24) is 0 Å². The molecule has 3 aliphatic carbocycles. The van der Waals surface area contributed by atoms with Gasteiger partial charge in [-0.25, -0.2) is 0 Å². The molecule has 4 rings (SSSR count). The number of carbonyl (C=O) groups excluding carboxylic acids is 1. The summed E-state index contributed by atoms with van der Waals surface area (Å²) in [5.41, 5.74) is 9.70. The van der Waals surface area contributed by atoms with Crippen LogP contribution >= 0.6 is 0 Å². The van der Waals surface area contributed by atoms with Crippen LogP contribution in [0.2, 0.25) is 0 Å². The number of nitrogens with two attached hydrogens (primary N) is 1. The summed E-state index contributed by atoms with van der Waals surface area (Å²) in [7, 11) is 0. The molecule has 0 heterocycles. The molecule has 3 aliphatic rings. The van der Waals surface area contributed by atoms with Gasteiger partial charge in [0.25, 0.3) is 0 Å². The minimum absolute atomic E-state index is 0.240. The van der Waals surface area contributed by atoms with Gasteiger partial charge in [0.15, 0.2) is 0 Å². The van der Waals surface area contributed by atoms with Gasteiger partial charge in [0.2, 0.25) is 5.91 Å². The van der Waals surface area contributed by atoms with Gasteiger partial charge >= 0.3 is 0 Å². The lowest BCUT2D eigenvalue weighted by atomic mass is 10.0. The van der Waals surface area contributed by atoms with Crippen LogP contribution in [0.3, 0.4) is 0 Å². The average Bonchev–Trinajstić information content (AvgIpc) is 2.85. The van der Waals surface area contributed by atoms with Crippen LogP contribution in [0.25, 0.3) is 0 Å². The zero-order valence-electron chi connectivity index (χ0n) is 12.1. The van der Waals surface area contributed by atoms with E-state index in [1.807, 2.05) is 26.0 Å². The Labute approximate surface area is 119 Å². The van der Waals surface area contributed by atoms with Crippen LogP contribution in [0.15, 0.2) is 12.1 Å². The monoisotopic (exact) mass is 270 g/mol. The quantitative estimate of drug-likeness (QED) is 0.811. The smallest absolute Gasteiger partial charge is 0.228 e. The molecule has 0 aliphatic heterocycles. The van der Waals surface area contributed by atoms with Crippen molar-refractivity contribution in [3.05, 3.63) is 23.3 Å². The molecule has 4 unspecified atom stereocenters. The molecule has 3 heteroatoms. The largest absolute Gasteiger partial charge is 0.399 e. The Kier molecular flexibility index (Phi) is 2.45. The molecule has 3 saturated carbocycles. The normalized spacial score (nSPS) is 36.8. The van der Waals surface area contributed by atoms with E-state index in [2.05, 4.69) is 5.32 Å². The van der Waals surface area contributed by atoms with Gasteiger partial charge in [-0.05, 0) is 80.0 Å². The number of anilines is 2. The number of hydrogen-bond acceptors (Lipinski definition) is 2. The molecule has 2 bridgehead atoms. The fraction of sp³-hybridized carbons (Fsp3) is 0.588. The highest BCUT2D eigenvalue weighted by molar-refractivity contribution is 5.96. The molecule has 0 spiro atoms. The number of carbonyl (C=O) groups is 1. The lowest BCUT2D eigenvalue weighted by Crippen LogP contribution is -2.19. The number of rotatable bonds is 2. The van der Waals surface area contributed by atoms with Crippen LogP contribution in [0.1, 0.15) is 30.4 Å². The molecular formula is C17H22N2O. The first-order valence-corrected chi connectivity index (χ1v) is 7.74. The molecule has 0 saturated heterocycles. The summed E-state index contributed by atoms with van der Waals surface area (Å²) in [6.07, 6.45) is 4.10. The van der Waals surface area contributed by atoms with Crippen molar-refractivity contribution in [2.45, 2.75) is 33.1 Å². The first kappa shape index (κ1) is 12.2. The van der Waals surface area contributed by atoms with E-state index in [9.17, 15) is 4.79 Å². The number of hydrogen-bond donors (Lipinski definition) is 2. The Morgan fingerprint density at radius 3 is 2.45 bits per heavy atom. The third-order valence-electron chi connectivity index (χ3n) is 5.91. The summed E-state index contributed by atoms with van der Waals surface area (Å²) in [5, 5.41) is 3.14. The molecule has 0 radical (unpaired) electrons. The number of benzene rings is 1. The zero-order valence-corrected chi connectivity index (χ0v) is 12.1. The Morgan fingerprint density at radius 2 is 1.80 bits per heavy atom. The zero-order chi connectivity index (χ0) is 14.0. The van der Waals surface area contributed by atoms with Crippen LogP contribution in [-0.4, -0.2) is 5.91 Å². The highest BCUT2D eigenvalue weighted by Gasteiger charge is 2.67. The molecule has 3 N–H and O–H groups in total. The van der Waals surface area contributed by atoms with Crippen molar-refractivity contribution in [3.63, 3.8) is 0 Å². The second-order valence-corrected chi connectivity index (χ2v) is 7.03. The number of aryl methyl sites for hydroxylation is 2. The van der Waals surface area contributed by atoms with Crippen molar-refractivity contribution < 1.29 is 4.79 Å². The van der Waals surface area contributed by atoms with E-state index in [4.69, 9.17) is 5.73 Å². The third kappa shape index (κ3) is 1.62. The Morgan fingerprint density at radius 1 is 1.15 bits per heavy atom. The summed E-state index contributed by atoms with van der Waals surface area (Å²) in [4.78, 5) is 12.5. The number of amides is 1. The van der Waals surface area contributed by atoms with Crippen LogP contribution in [0, 0.1) is 43.4 Å². The highest BCUT2D eigenvalue weighted by atomic mass is 16.2. The number of nitrogen functional groups attached to an aromatic ring is 1. The van der Waals surface area contributed by atoms with Crippen molar-refractivity contribution in [2.24, 2.45) is 29.6 Å². The Balaban J connectivity index is 1.51. The van der Waals surface area contributed by atoms with Crippen molar-refractivity contribution >= 4 is 17.3 Å². The average molecular weight is 270 g/mol. The standard InChI is InChI=1S/C17H22N2O/c1-8-6-13(9(2)5-12(8)18)19-17(20)16-14-10-3-4-11(7-10)15(14)16/h5-6,10-11,14-16H,3-4,7,18H2,1-2H3,(H,19,20). The van der Waals surface area contributed by atoms with Gasteiger partial charge in [-0.15, -0.1) is 0 Å². The maximum atomic E-state index is 12.5. The molecule has 1 aromatic carbocycles. The van der Waals surface area contributed by atoms with Gasteiger partial charge in [-0.2, -0.15) is 0 Å². The van der Waals surface area contributed by atoms with E-state index < -0.39 is 0 Å². The minimum atomic E-state index is 0.240. The molecule has 20 heavy (non-hydrogen) atoms. The molecule has 1 amide bonds. The lowest BCUT2D eigenvalue weighted by molar-refractivity contribution is -0.118.